The Bertz CT molecular complexity index is 454. The zero-order chi connectivity index (χ0) is 10.8. The molecule has 1 heterocycles. The van der Waals surface area contributed by atoms with Crippen molar-refractivity contribution in [1.29, 1.82) is 0 Å². The summed E-state index contributed by atoms with van der Waals surface area (Å²) in [6.07, 6.45) is -0.664. The molecule has 0 saturated heterocycles. The molecule has 0 bridgehead atoms. The Labute approximate surface area is 92.6 Å². The predicted octanol–water partition coefficient (Wildman–Crippen LogP) is 2.24. The van der Waals surface area contributed by atoms with E-state index in [4.69, 9.17) is 0 Å². The molecule has 0 saturated carbocycles. The predicted molar refractivity (Wildman–Crippen MR) is 59.9 cm³/mol. The van der Waals surface area contributed by atoms with E-state index in [1.807, 2.05) is 25.1 Å². The molecule has 2 rings (SSSR count). The second-order valence-corrected chi connectivity index (χ2v) is 4.19. The highest BCUT2D eigenvalue weighted by Crippen LogP contribution is 2.22. The quantitative estimate of drug-likeness (QED) is 0.844. The summed E-state index contributed by atoms with van der Waals surface area (Å²) in [4.78, 5) is 0. The minimum absolute atomic E-state index is 0.614. The number of aryl methyl sites for hydroxylation is 2. The molecule has 15 heavy (non-hydrogen) atoms. The van der Waals surface area contributed by atoms with E-state index >= 15 is 0 Å². The van der Waals surface area contributed by atoms with Gasteiger partial charge >= 0.3 is 0 Å². The van der Waals surface area contributed by atoms with Crippen molar-refractivity contribution in [2.45, 2.75) is 20.0 Å². The minimum atomic E-state index is -0.664. The van der Waals surface area contributed by atoms with Crippen molar-refractivity contribution in [2.24, 2.45) is 0 Å². The van der Waals surface area contributed by atoms with E-state index in [2.05, 4.69) is 16.5 Å². The minimum Gasteiger partial charge on any atom is -0.382 e. The van der Waals surface area contributed by atoms with Gasteiger partial charge in [-0.15, -0.1) is 5.10 Å². The first-order chi connectivity index (χ1) is 7.18. The van der Waals surface area contributed by atoms with Crippen LogP contribution in [-0.2, 0) is 0 Å². The smallest absolute Gasteiger partial charge is 0.124 e. The molecule has 1 aromatic heterocycles. The van der Waals surface area contributed by atoms with Gasteiger partial charge < -0.3 is 5.11 Å². The number of aromatic nitrogens is 2. The lowest BCUT2D eigenvalue weighted by molar-refractivity contribution is 0.215. The second-order valence-electron chi connectivity index (χ2n) is 3.58. The van der Waals surface area contributed by atoms with Crippen LogP contribution in [0.25, 0.3) is 0 Å². The lowest BCUT2D eigenvalue weighted by Crippen LogP contribution is -2.01. The third-order valence-corrected chi connectivity index (χ3v) is 3.03. The summed E-state index contributed by atoms with van der Waals surface area (Å²) in [7, 11) is 0. The fourth-order valence-electron chi connectivity index (χ4n) is 1.40. The third kappa shape index (κ3) is 2.06. The zero-order valence-corrected chi connectivity index (χ0v) is 9.45. The summed E-state index contributed by atoms with van der Waals surface area (Å²) < 4.78 is 3.74. The molecule has 3 nitrogen and oxygen atoms in total. The van der Waals surface area contributed by atoms with Crippen molar-refractivity contribution in [3.8, 4) is 0 Å². The Kier molecular flexibility index (Phi) is 2.79. The van der Waals surface area contributed by atoms with Gasteiger partial charge in [-0.25, -0.2) is 0 Å². The summed E-state index contributed by atoms with van der Waals surface area (Å²) in [5, 5.41) is 15.6. The third-order valence-electron chi connectivity index (χ3n) is 2.50. The SMILES string of the molecule is Cc1ccc(C(O)c2csnn2)cc1C. The standard InChI is InChI=1S/C11H12N2OS/c1-7-3-4-9(5-8(7)2)11(14)10-6-15-13-12-10/h3-6,11,14H,1-2H3. The van der Waals surface area contributed by atoms with Crippen molar-refractivity contribution in [3.63, 3.8) is 0 Å². The Morgan fingerprint density at radius 3 is 2.67 bits per heavy atom. The Morgan fingerprint density at radius 2 is 2.07 bits per heavy atom. The van der Waals surface area contributed by atoms with Crippen LogP contribution >= 0.6 is 11.5 Å². The van der Waals surface area contributed by atoms with Gasteiger partial charge in [0.25, 0.3) is 0 Å². The van der Waals surface area contributed by atoms with Crippen LogP contribution in [0.3, 0.4) is 0 Å². The molecule has 0 spiro atoms. The Morgan fingerprint density at radius 1 is 1.27 bits per heavy atom. The number of benzene rings is 1. The number of aliphatic hydroxyl groups is 1. The first-order valence-electron chi connectivity index (χ1n) is 4.70. The van der Waals surface area contributed by atoms with Gasteiger partial charge in [-0.2, -0.15) is 0 Å². The van der Waals surface area contributed by atoms with Crippen LogP contribution < -0.4 is 0 Å². The van der Waals surface area contributed by atoms with Crippen LogP contribution in [0.5, 0.6) is 0 Å². The largest absolute Gasteiger partial charge is 0.382 e. The molecule has 0 aliphatic rings. The van der Waals surface area contributed by atoms with Crippen molar-refractivity contribution in [1.82, 2.24) is 9.59 Å². The van der Waals surface area contributed by atoms with Crippen LogP contribution in [0.1, 0.15) is 28.5 Å². The highest BCUT2D eigenvalue weighted by Gasteiger charge is 2.13. The molecule has 0 radical (unpaired) electrons. The van der Waals surface area contributed by atoms with Crippen molar-refractivity contribution in [2.75, 3.05) is 0 Å². The van der Waals surface area contributed by atoms with E-state index in [1.54, 1.807) is 5.38 Å². The number of aliphatic hydroxyl groups excluding tert-OH is 1. The van der Waals surface area contributed by atoms with Crippen molar-refractivity contribution in [3.05, 3.63) is 46.0 Å². The van der Waals surface area contributed by atoms with E-state index in [9.17, 15) is 5.11 Å². The molecule has 1 unspecified atom stereocenters. The van der Waals surface area contributed by atoms with Crippen LogP contribution in [-0.4, -0.2) is 14.7 Å². The summed E-state index contributed by atoms with van der Waals surface area (Å²) in [6, 6.07) is 5.92. The van der Waals surface area contributed by atoms with Gasteiger partial charge in [-0.1, -0.05) is 22.7 Å². The number of rotatable bonds is 2. The molecule has 0 fully saturated rings. The van der Waals surface area contributed by atoms with Gasteiger partial charge in [-0.05, 0) is 42.1 Å². The van der Waals surface area contributed by atoms with Crippen LogP contribution in [0.4, 0.5) is 0 Å². The first kappa shape index (κ1) is 10.3. The van der Waals surface area contributed by atoms with Crippen LogP contribution in [0.2, 0.25) is 0 Å². The highest BCUT2D eigenvalue weighted by molar-refractivity contribution is 7.03. The Balaban J connectivity index is 2.34. The normalized spacial score (nSPS) is 12.7. The number of hydrogen-bond donors (Lipinski definition) is 1. The van der Waals surface area contributed by atoms with E-state index in [1.165, 1.54) is 22.7 Å². The molecule has 4 heteroatoms. The zero-order valence-electron chi connectivity index (χ0n) is 8.64. The van der Waals surface area contributed by atoms with E-state index in [-0.39, 0.29) is 0 Å². The molecule has 0 aliphatic heterocycles. The molecule has 1 aromatic carbocycles. The average molecular weight is 220 g/mol. The maximum Gasteiger partial charge on any atom is 0.124 e. The average Bonchev–Trinajstić information content (AvgIpc) is 2.74. The molecule has 0 amide bonds. The molecule has 78 valence electrons. The van der Waals surface area contributed by atoms with Gasteiger partial charge in [0.2, 0.25) is 0 Å². The molecular formula is C11H12N2OS. The van der Waals surface area contributed by atoms with Crippen molar-refractivity contribution >= 4 is 11.5 Å². The lowest BCUT2D eigenvalue weighted by atomic mass is 10.0. The van der Waals surface area contributed by atoms with Crippen LogP contribution in [0.15, 0.2) is 23.6 Å². The topological polar surface area (TPSA) is 46.0 Å². The van der Waals surface area contributed by atoms with Gasteiger partial charge in [0.05, 0.1) is 0 Å². The van der Waals surface area contributed by atoms with E-state index in [0.717, 1.165) is 5.56 Å². The summed E-state index contributed by atoms with van der Waals surface area (Å²) in [6.45, 7) is 4.08. The molecule has 1 atom stereocenters. The highest BCUT2D eigenvalue weighted by atomic mass is 32.1. The Hall–Kier alpha value is -1.26. The van der Waals surface area contributed by atoms with Gasteiger partial charge in [-0.3, -0.25) is 0 Å². The second kappa shape index (κ2) is 4.08. The van der Waals surface area contributed by atoms with E-state index < -0.39 is 6.10 Å². The summed E-state index contributed by atoms with van der Waals surface area (Å²) in [5.74, 6) is 0. The van der Waals surface area contributed by atoms with Gasteiger partial charge in [0.1, 0.15) is 11.8 Å². The maximum atomic E-state index is 10.0. The van der Waals surface area contributed by atoms with Gasteiger partial charge in [0.15, 0.2) is 0 Å². The summed E-state index contributed by atoms with van der Waals surface area (Å²) in [5.41, 5.74) is 3.88. The number of hydrogen-bond acceptors (Lipinski definition) is 4. The fraction of sp³-hybridized carbons (Fsp3) is 0.273. The molecule has 1 N–H and O–H groups in total. The van der Waals surface area contributed by atoms with E-state index in [0.29, 0.717) is 5.69 Å². The van der Waals surface area contributed by atoms with Crippen LogP contribution in [0, 0.1) is 13.8 Å². The maximum absolute atomic E-state index is 10.0. The molecular weight excluding hydrogens is 208 g/mol. The first-order valence-corrected chi connectivity index (χ1v) is 5.54. The van der Waals surface area contributed by atoms with Crippen molar-refractivity contribution < 1.29 is 5.11 Å². The summed E-state index contributed by atoms with van der Waals surface area (Å²) >= 11 is 1.25. The van der Waals surface area contributed by atoms with Gasteiger partial charge in [0, 0.05) is 5.38 Å². The fourth-order valence-corrected chi connectivity index (χ4v) is 1.87. The monoisotopic (exact) mass is 220 g/mol. The number of nitrogens with zero attached hydrogens (tertiary/aromatic N) is 2. The molecule has 2 aromatic rings. The molecule has 0 aliphatic carbocycles. The lowest BCUT2D eigenvalue weighted by Gasteiger charge is -2.09.